The topological polar surface area (TPSA) is 81.4 Å². The van der Waals surface area contributed by atoms with Gasteiger partial charge in [-0.2, -0.15) is 0 Å². The van der Waals surface area contributed by atoms with Crippen molar-refractivity contribution in [2.24, 2.45) is 0 Å². The van der Waals surface area contributed by atoms with E-state index in [1.807, 2.05) is 25.1 Å². The standard InChI is InChI=1S/C21H19ClN2O4/c1-3-14-8-4-7-11-17(14)23-18(25)12-27-21(26)19-13(2)28-24-20(19)15-9-5-6-10-16(15)22/h4-11H,3,12H2,1-2H3,(H,23,25). The number of aryl methyl sites for hydroxylation is 2. The van der Waals surface area contributed by atoms with Gasteiger partial charge in [-0.25, -0.2) is 4.79 Å². The number of aromatic nitrogens is 1. The highest BCUT2D eigenvalue weighted by Crippen LogP contribution is 2.31. The molecule has 0 fully saturated rings. The number of carbonyl (C=O) groups is 2. The number of anilines is 1. The fourth-order valence-electron chi connectivity index (χ4n) is 2.79. The second-order valence-electron chi connectivity index (χ2n) is 6.08. The molecular weight excluding hydrogens is 380 g/mol. The number of nitrogens with one attached hydrogen (secondary N) is 1. The number of carbonyl (C=O) groups excluding carboxylic acids is 2. The van der Waals surface area contributed by atoms with Crippen molar-refractivity contribution < 1.29 is 18.8 Å². The molecule has 144 valence electrons. The van der Waals surface area contributed by atoms with Gasteiger partial charge in [0.15, 0.2) is 6.61 Å². The monoisotopic (exact) mass is 398 g/mol. The van der Waals surface area contributed by atoms with Crippen molar-refractivity contribution in [1.82, 2.24) is 5.16 Å². The zero-order chi connectivity index (χ0) is 20.1. The van der Waals surface area contributed by atoms with Gasteiger partial charge in [-0.05, 0) is 31.0 Å². The van der Waals surface area contributed by atoms with Crippen LogP contribution in [0.25, 0.3) is 11.3 Å². The third kappa shape index (κ3) is 4.23. The number of nitrogens with zero attached hydrogens (tertiary/aromatic N) is 1. The Balaban J connectivity index is 1.71. The minimum absolute atomic E-state index is 0.148. The fraction of sp³-hybridized carbons (Fsp3) is 0.190. The molecule has 0 aliphatic rings. The molecule has 1 amide bonds. The zero-order valence-corrected chi connectivity index (χ0v) is 16.2. The molecule has 0 atom stereocenters. The lowest BCUT2D eigenvalue weighted by Crippen LogP contribution is -2.21. The van der Waals surface area contributed by atoms with Crippen LogP contribution in [0.4, 0.5) is 5.69 Å². The van der Waals surface area contributed by atoms with Gasteiger partial charge < -0.3 is 14.6 Å². The SMILES string of the molecule is CCc1ccccc1NC(=O)COC(=O)c1c(-c2ccccc2Cl)noc1C. The number of amides is 1. The van der Waals surface area contributed by atoms with E-state index in [1.54, 1.807) is 37.3 Å². The average Bonchev–Trinajstić information content (AvgIpc) is 3.08. The molecule has 0 unspecified atom stereocenters. The summed E-state index contributed by atoms with van der Waals surface area (Å²) in [5.41, 5.74) is 2.68. The van der Waals surface area contributed by atoms with Gasteiger partial charge >= 0.3 is 5.97 Å². The predicted octanol–water partition coefficient (Wildman–Crippen LogP) is 4.66. The summed E-state index contributed by atoms with van der Waals surface area (Å²) in [4.78, 5) is 24.8. The van der Waals surface area contributed by atoms with Crippen LogP contribution in [0.15, 0.2) is 53.1 Å². The van der Waals surface area contributed by atoms with Crippen molar-refractivity contribution in [3.8, 4) is 11.3 Å². The van der Waals surface area contributed by atoms with Crippen molar-refractivity contribution in [2.75, 3.05) is 11.9 Å². The van der Waals surface area contributed by atoms with E-state index in [4.69, 9.17) is 20.9 Å². The lowest BCUT2D eigenvalue weighted by Gasteiger charge is -2.10. The number of rotatable bonds is 6. The molecule has 7 heteroatoms. The second-order valence-corrected chi connectivity index (χ2v) is 6.48. The largest absolute Gasteiger partial charge is 0.452 e. The number of ether oxygens (including phenoxy) is 1. The Bertz CT molecular complexity index is 1010. The van der Waals surface area contributed by atoms with E-state index in [-0.39, 0.29) is 17.0 Å². The van der Waals surface area contributed by atoms with Crippen molar-refractivity contribution >= 4 is 29.2 Å². The summed E-state index contributed by atoms with van der Waals surface area (Å²) in [7, 11) is 0. The summed E-state index contributed by atoms with van der Waals surface area (Å²) in [6.45, 7) is 3.17. The Kier molecular flexibility index (Phi) is 6.11. The van der Waals surface area contributed by atoms with E-state index in [0.29, 0.717) is 16.3 Å². The number of benzene rings is 2. The molecule has 0 aliphatic carbocycles. The van der Waals surface area contributed by atoms with Crippen molar-refractivity contribution in [2.45, 2.75) is 20.3 Å². The van der Waals surface area contributed by atoms with Gasteiger partial charge in [-0.15, -0.1) is 0 Å². The van der Waals surface area contributed by atoms with Crippen LogP contribution in [-0.4, -0.2) is 23.6 Å². The minimum Gasteiger partial charge on any atom is -0.452 e. The summed E-state index contributed by atoms with van der Waals surface area (Å²) < 4.78 is 10.3. The van der Waals surface area contributed by atoms with Crippen molar-refractivity contribution in [3.63, 3.8) is 0 Å². The normalized spacial score (nSPS) is 10.5. The molecule has 0 radical (unpaired) electrons. The fourth-order valence-corrected chi connectivity index (χ4v) is 3.01. The van der Waals surface area contributed by atoms with Crippen LogP contribution < -0.4 is 5.32 Å². The van der Waals surface area contributed by atoms with Crippen LogP contribution in [0.1, 0.15) is 28.6 Å². The summed E-state index contributed by atoms with van der Waals surface area (Å²) in [6.07, 6.45) is 0.775. The highest BCUT2D eigenvalue weighted by molar-refractivity contribution is 6.33. The molecule has 0 saturated heterocycles. The number of para-hydroxylation sites is 1. The Morgan fingerprint density at radius 2 is 1.86 bits per heavy atom. The van der Waals surface area contributed by atoms with Crippen molar-refractivity contribution in [3.05, 3.63) is 70.4 Å². The van der Waals surface area contributed by atoms with E-state index in [9.17, 15) is 9.59 Å². The highest BCUT2D eigenvalue weighted by Gasteiger charge is 2.25. The summed E-state index contributed by atoms with van der Waals surface area (Å²) >= 11 is 6.19. The molecule has 0 bridgehead atoms. The third-order valence-corrected chi connectivity index (χ3v) is 4.53. The van der Waals surface area contributed by atoms with E-state index in [0.717, 1.165) is 12.0 Å². The van der Waals surface area contributed by atoms with Crippen molar-refractivity contribution in [1.29, 1.82) is 0 Å². The van der Waals surface area contributed by atoms with Crippen LogP contribution in [0.5, 0.6) is 0 Å². The maximum Gasteiger partial charge on any atom is 0.344 e. The first-order chi connectivity index (χ1) is 13.5. The quantitative estimate of drug-likeness (QED) is 0.610. The molecule has 1 heterocycles. The van der Waals surface area contributed by atoms with E-state index in [2.05, 4.69) is 10.5 Å². The molecule has 0 saturated carbocycles. The van der Waals surface area contributed by atoms with Crippen LogP contribution >= 0.6 is 11.6 Å². The van der Waals surface area contributed by atoms with Gasteiger partial charge in [0.25, 0.3) is 5.91 Å². The third-order valence-electron chi connectivity index (χ3n) is 4.20. The molecule has 1 N–H and O–H groups in total. The van der Waals surface area contributed by atoms with Gasteiger partial charge in [0.2, 0.25) is 0 Å². The molecule has 3 rings (SSSR count). The molecule has 2 aromatic carbocycles. The molecule has 0 aliphatic heterocycles. The number of hydrogen-bond acceptors (Lipinski definition) is 5. The predicted molar refractivity (Wildman–Crippen MR) is 106 cm³/mol. The van der Waals surface area contributed by atoms with E-state index >= 15 is 0 Å². The van der Waals surface area contributed by atoms with Gasteiger partial charge in [0.05, 0.1) is 5.02 Å². The van der Waals surface area contributed by atoms with Gasteiger partial charge in [-0.3, -0.25) is 4.79 Å². The Morgan fingerprint density at radius 3 is 2.61 bits per heavy atom. The zero-order valence-electron chi connectivity index (χ0n) is 15.5. The first-order valence-corrected chi connectivity index (χ1v) is 9.15. The highest BCUT2D eigenvalue weighted by atomic mass is 35.5. The maximum absolute atomic E-state index is 12.6. The number of esters is 1. The summed E-state index contributed by atoms with van der Waals surface area (Å²) in [5, 5.41) is 7.11. The summed E-state index contributed by atoms with van der Waals surface area (Å²) in [5.74, 6) is -0.841. The maximum atomic E-state index is 12.6. The minimum atomic E-state index is -0.701. The van der Waals surface area contributed by atoms with Crippen LogP contribution in [-0.2, 0) is 16.0 Å². The molecule has 3 aromatic rings. The first-order valence-electron chi connectivity index (χ1n) is 8.77. The second kappa shape index (κ2) is 8.71. The Labute approximate surface area is 167 Å². The number of hydrogen-bond donors (Lipinski definition) is 1. The molecule has 6 nitrogen and oxygen atoms in total. The Morgan fingerprint density at radius 1 is 1.14 bits per heavy atom. The molecular formula is C21H19ClN2O4. The van der Waals surface area contributed by atoms with E-state index in [1.165, 1.54) is 0 Å². The van der Waals surface area contributed by atoms with Gasteiger partial charge in [0, 0.05) is 11.3 Å². The molecule has 0 spiro atoms. The number of halogens is 1. The van der Waals surface area contributed by atoms with Crippen LogP contribution in [0.3, 0.4) is 0 Å². The summed E-state index contributed by atoms with van der Waals surface area (Å²) in [6, 6.07) is 14.4. The lowest BCUT2D eigenvalue weighted by molar-refractivity contribution is -0.119. The molecule has 28 heavy (non-hydrogen) atoms. The van der Waals surface area contributed by atoms with Crippen LogP contribution in [0, 0.1) is 6.92 Å². The lowest BCUT2D eigenvalue weighted by atomic mass is 10.1. The van der Waals surface area contributed by atoms with Gasteiger partial charge in [0.1, 0.15) is 17.0 Å². The Hall–Kier alpha value is -3.12. The molecule has 1 aromatic heterocycles. The smallest absolute Gasteiger partial charge is 0.344 e. The average molecular weight is 399 g/mol. The van der Waals surface area contributed by atoms with Gasteiger partial charge in [-0.1, -0.05) is 60.1 Å². The van der Waals surface area contributed by atoms with Crippen LogP contribution in [0.2, 0.25) is 5.02 Å². The first kappa shape index (κ1) is 19.6. The van der Waals surface area contributed by atoms with E-state index < -0.39 is 18.5 Å².